The van der Waals surface area contributed by atoms with Crippen LogP contribution in [0.4, 0.5) is 0 Å². The molecule has 2 rings (SSSR count). The minimum absolute atomic E-state index is 0.130. The van der Waals surface area contributed by atoms with E-state index in [-0.39, 0.29) is 6.10 Å². The Bertz CT molecular complexity index is 525. The van der Waals surface area contributed by atoms with Gasteiger partial charge in [0.25, 0.3) is 0 Å². The van der Waals surface area contributed by atoms with Crippen LogP contribution in [0.3, 0.4) is 0 Å². The Morgan fingerprint density at radius 3 is 2.25 bits per heavy atom. The number of ether oxygens (including phenoxy) is 2. The number of halogens is 1. The normalized spacial score (nSPS) is 12.2. The van der Waals surface area contributed by atoms with Crippen molar-refractivity contribution in [3.05, 3.63) is 64.7 Å². The van der Waals surface area contributed by atoms with Gasteiger partial charge in [-0.15, -0.1) is 0 Å². The first-order valence-corrected chi connectivity index (χ1v) is 6.81. The molecule has 0 aliphatic heterocycles. The van der Waals surface area contributed by atoms with Gasteiger partial charge in [0, 0.05) is 11.6 Å². The van der Waals surface area contributed by atoms with Gasteiger partial charge in [-0.3, -0.25) is 0 Å². The molecule has 0 saturated heterocycles. The Balaban J connectivity index is 1.97. The topological polar surface area (TPSA) is 44.5 Å². The first-order chi connectivity index (χ1) is 9.72. The molecule has 1 atom stereocenters. The highest BCUT2D eigenvalue weighted by atomic mass is 35.5. The van der Waals surface area contributed by atoms with E-state index < -0.39 is 0 Å². The van der Waals surface area contributed by atoms with Gasteiger partial charge in [0.2, 0.25) is 0 Å². The Morgan fingerprint density at radius 1 is 1.05 bits per heavy atom. The zero-order chi connectivity index (χ0) is 14.4. The first kappa shape index (κ1) is 14.9. The summed E-state index contributed by atoms with van der Waals surface area (Å²) in [5.74, 6) is 0.835. The second-order valence-electron chi connectivity index (χ2n) is 4.43. The lowest BCUT2D eigenvalue weighted by Crippen LogP contribution is -2.15. The lowest BCUT2D eigenvalue weighted by atomic mass is 10.1. The van der Waals surface area contributed by atoms with Crippen LogP contribution in [-0.4, -0.2) is 13.7 Å². The van der Waals surface area contributed by atoms with Crippen molar-refractivity contribution >= 4 is 11.6 Å². The maximum absolute atomic E-state index is 5.88. The maximum Gasteiger partial charge on any atom is 0.118 e. The molecule has 106 valence electrons. The molecule has 0 saturated carbocycles. The summed E-state index contributed by atoms with van der Waals surface area (Å²) >= 11 is 5.88. The van der Waals surface area contributed by atoms with Gasteiger partial charge < -0.3 is 15.2 Å². The zero-order valence-corrected chi connectivity index (χ0v) is 12.1. The molecule has 0 amide bonds. The first-order valence-electron chi connectivity index (χ1n) is 6.43. The van der Waals surface area contributed by atoms with Gasteiger partial charge in [0.1, 0.15) is 5.75 Å². The molecule has 0 spiro atoms. The van der Waals surface area contributed by atoms with Crippen molar-refractivity contribution in [1.29, 1.82) is 0 Å². The van der Waals surface area contributed by atoms with Gasteiger partial charge in [-0.1, -0.05) is 35.9 Å². The third kappa shape index (κ3) is 3.97. The molecule has 3 nitrogen and oxygen atoms in total. The minimum atomic E-state index is -0.130. The third-order valence-electron chi connectivity index (χ3n) is 3.07. The van der Waals surface area contributed by atoms with Gasteiger partial charge in [0.15, 0.2) is 0 Å². The quantitative estimate of drug-likeness (QED) is 0.885. The van der Waals surface area contributed by atoms with Crippen LogP contribution >= 0.6 is 11.6 Å². The van der Waals surface area contributed by atoms with Crippen molar-refractivity contribution in [1.82, 2.24) is 0 Å². The van der Waals surface area contributed by atoms with Gasteiger partial charge >= 0.3 is 0 Å². The molecular formula is C16H18ClNO2. The predicted octanol–water partition coefficient (Wildman–Crippen LogP) is 3.57. The van der Waals surface area contributed by atoms with E-state index in [0.717, 1.165) is 16.9 Å². The fraction of sp³-hybridized carbons (Fsp3) is 0.250. The van der Waals surface area contributed by atoms with Crippen molar-refractivity contribution in [2.75, 3.05) is 13.7 Å². The SMILES string of the molecule is COc1ccc(COC(CN)c2ccc(Cl)cc2)cc1. The number of nitrogens with two attached hydrogens (primary N) is 1. The number of benzene rings is 2. The average molecular weight is 292 g/mol. The number of methoxy groups -OCH3 is 1. The highest BCUT2D eigenvalue weighted by Gasteiger charge is 2.10. The monoisotopic (exact) mass is 291 g/mol. The summed E-state index contributed by atoms with van der Waals surface area (Å²) in [6.07, 6.45) is -0.130. The van der Waals surface area contributed by atoms with Crippen LogP contribution in [-0.2, 0) is 11.3 Å². The number of rotatable bonds is 6. The molecule has 0 heterocycles. The molecule has 0 aliphatic carbocycles. The van der Waals surface area contributed by atoms with Crippen LogP contribution in [0.15, 0.2) is 48.5 Å². The molecule has 0 aliphatic rings. The van der Waals surface area contributed by atoms with Crippen molar-refractivity contribution in [3.8, 4) is 5.75 Å². The molecule has 2 aromatic carbocycles. The van der Waals surface area contributed by atoms with Crippen molar-refractivity contribution in [2.45, 2.75) is 12.7 Å². The molecular weight excluding hydrogens is 274 g/mol. The van der Waals surface area contributed by atoms with E-state index in [1.807, 2.05) is 48.5 Å². The minimum Gasteiger partial charge on any atom is -0.497 e. The van der Waals surface area contributed by atoms with E-state index in [2.05, 4.69) is 0 Å². The zero-order valence-electron chi connectivity index (χ0n) is 11.4. The summed E-state index contributed by atoms with van der Waals surface area (Å²) in [5, 5.41) is 0.708. The Labute approximate surface area is 124 Å². The van der Waals surface area contributed by atoms with Crippen molar-refractivity contribution in [2.24, 2.45) is 5.73 Å². The largest absolute Gasteiger partial charge is 0.497 e. The van der Waals surface area contributed by atoms with Crippen LogP contribution in [0.25, 0.3) is 0 Å². The maximum atomic E-state index is 5.88. The second-order valence-corrected chi connectivity index (χ2v) is 4.87. The van der Waals surface area contributed by atoms with Gasteiger partial charge in [-0.05, 0) is 35.4 Å². The third-order valence-corrected chi connectivity index (χ3v) is 3.32. The van der Waals surface area contributed by atoms with Crippen LogP contribution in [0, 0.1) is 0 Å². The molecule has 4 heteroatoms. The molecule has 1 unspecified atom stereocenters. The Kier molecular flexibility index (Phi) is 5.41. The molecule has 20 heavy (non-hydrogen) atoms. The lowest BCUT2D eigenvalue weighted by Gasteiger charge is -2.16. The summed E-state index contributed by atoms with van der Waals surface area (Å²) in [6, 6.07) is 15.4. The van der Waals surface area contributed by atoms with Gasteiger partial charge in [-0.2, -0.15) is 0 Å². The average Bonchev–Trinajstić information content (AvgIpc) is 2.50. The molecule has 0 bridgehead atoms. The van der Waals surface area contributed by atoms with E-state index in [9.17, 15) is 0 Å². The molecule has 0 aromatic heterocycles. The van der Waals surface area contributed by atoms with E-state index in [4.69, 9.17) is 26.8 Å². The van der Waals surface area contributed by atoms with Crippen LogP contribution in [0.1, 0.15) is 17.2 Å². The molecule has 2 N–H and O–H groups in total. The van der Waals surface area contributed by atoms with Crippen molar-refractivity contribution in [3.63, 3.8) is 0 Å². The fourth-order valence-electron chi connectivity index (χ4n) is 1.90. The van der Waals surface area contributed by atoms with Crippen molar-refractivity contribution < 1.29 is 9.47 Å². The predicted molar refractivity (Wildman–Crippen MR) is 81.0 cm³/mol. The van der Waals surface area contributed by atoms with E-state index in [1.54, 1.807) is 7.11 Å². The fourth-order valence-corrected chi connectivity index (χ4v) is 2.02. The van der Waals surface area contributed by atoms with Gasteiger partial charge in [0.05, 0.1) is 19.8 Å². The second kappa shape index (κ2) is 7.29. The van der Waals surface area contributed by atoms with Crippen LogP contribution in [0.5, 0.6) is 5.75 Å². The van der Waals surface area contributed by atoms with E-state index >= 15 is 0 Å². The van der Waals surface area contributed by atoms with Crippen LogP contribution in [0.2, 0.25) is 5.02 Å². The summed E-state index contributed by atoms with van der Waals surface area (Å²) in [7, 11) is 1.65. The smallest absolute Gasteiger partial charge is 0.118 e. The van der Waals surface area contributed by atoms with Gasteiger partial charge in [-0.25, -0.2) is 0 Å². The highest BCUT2D eigenvalue weighted by molar-refractivity contribution is 6.30. The summed E-state index contributed by atoms with van der Waals surface area (Å²) in [5.41, 5.74) is 7.89. The lowest BCUT2D eigenvalue weighted by molar-refractivity contribution is 0.0456. The molecule has 0 radical (unpaired) electrons. The Morgan fingerprint density at radius 2 is 1.70 bits per heavy atom. The number of hydrogen-bond acceptors (Lipinski definition) is 3. The summed E-state index contributed by atoms with van der Waals surface area (Å²) in [6.45, 7) is 0.937. The standard InChI is InChI=1S/C16H18ClNO2/c1-19-15-8-2-12(3-9-15)11-20-16(10-18)13-4-6-14(17)7-5-13/h2-9,16H,10-11,18H2,1H3. The summed E-state index contributed by atoms with van der Waals surface area (Å²) in [4.78, 5) is 0. The molecule has 2 aromatic rings. The molecule has 0 fully saturated rings. The highest BCUT2D eigenvalue weighted by Crippen LogP contribution is 2.21. The summed E-state index contributed by atoms with van der Waals surface area (Å²) < 4.78 is 11.0. The Hall–Kier alpha value is -1.55. The van der Waals surface area contributed by atoms with E-state index in [0.29, 0.717) is 18.2 Å². The van der Waals surface area contributed by atoms with Crippen LogP contribution < -0.4 is 10.5 Å². The number of hydrogen-bond donors (Lipinski definition) is 1. The van der Waals surface area contributed by atoms with E-state index in [1.165, 1.54) is 0 Å².